The fourth-order valence-electron chi connectivity index (χ4n) is 1.54. The number of nitro groups is 1. The largest absolute Gasteiger partial charge is 0.487 e. The molecule has 0 saturated carbocycles. The molecule has 0 saturated heterocycles. The molecule has 0 aliphatic carbocycles. The fourth-order valence-corrected chi connectivity index (χ4v) is 1.54. The van der Waals surface area contributed by atoms with Crippen molar-refractivity contribution in [3.05, 3.63) is 33.9 Å². The Morgan fingerprint density at radius 1 is 1.25 bits per heavy atom. The summed E-state index contributed by atoms with van der Waals surface area (Å²) >= 11 is 0. The van der Waals surface area contributed by atoms with Crippen molar-refractivity contribution in [2.45, 2.75) is 13.0 Å². The zero-order valence-electron chi connectivity index (χ0n) is 11.5. The first kappa shape index (κ1) is 16.4. The molecule has 112 valence electrons. The third-order valence-electron chi connectivity index (χ3n) is 2.58. The molecular formula is C13H20N2O5. The van der Waals surface area contributed by atoms with Crippen LogP contribution in [0.1, 0.15) is 12.0 Å². The molecule has 0 aliphatic rings. The van der Waals surface area contributed by atoms with Crippen molar-refractivity contribution >= 4 is 5.69 Å². The molecule has 20 heavy (non-hydrogen) atoms. The molecule has 1 aromatic carbocycles. The number of benzene rings is 1. The molecule has 0 spiro atoms. The molecule has 0 radical (unpaired) electrons. The average molecular weight is 284 g/mol. The highest BCUT2D eigenvalue weighted by molar-refractivity contribution is 5.48. The van der Waals surface area contributed by atoms with E-state index in [4.69, 9.17) is 19.9 Å². The number of nitrogens with two attached hydrogens (primary N) is 1. The van der Waals surface area contributed by atoms with E-state index in [1.54, 1.807) is 19.2 Å². The first-order valence-corrected chi connectivity index (χ1v) is 6.36. The predicted octanol–water partition coefficient (Wildman–Crippen LogP) is 1.49. The van der Waals surface area contributed by atoms with Crippen LogP contribution in [-0.4, -0.2) is 38.5 Å². The van der Waals surface area contributed by atoms with E-state index in [9.17, 15) is 10.1 Å². The molecule has 0 heterocycles. The molecule has 2 N–H and O–H groups in total. The summed E-state index contributed by atoms with van der Waals surface area (Å²) in [7, 11) is 1.61. The monoisotopic (exact) mass is 284 g/mol. The number of hydrogen-bond donors (Lipinski definition) is 1. The summed E-state index contributed by atoms with van der Waals surface area (Å²) in [6, 6.07) is 4.63. The number of rotatable bonds is 10. The van der Waals surface area contributed by atoms with Crippen molar-refractivity contribution in [3.8, 4) is 5.75 Å². The molecule has 7 nitrogen and oxygen atoms in total. The van der Waals surface area contributed by atoms with Gasteiger partial charge in [-0.2, -0.15) is 0 Å². The van der Waals surface area contributed by atoms with Crippen LogP contribution in [0.3, 0.4) is 0 Å². The Morgan fingerprint density at radius 3 is 2.70 bits per heavy atom. The minimum Gasteiger partial charge on any atom is -0.487 e. The molecule has 1 rings (SSSR count). The topological polar surface area (TPSA) is 96.8 Å². The molecule has 0 unspecified atom stereocenters. The minimum atomic E-state index is -0.468. The van der Waals surface area contributed by atoms with E-state index in [0.717, 1.165) is 5.56 Å². The summed E-state index contributed by atoms with van der Waals surface area (Å²) < 4.78 is 15.6. The Morgan fingerprint density at radius 2 is 2.05 bits per heavy atom. The predicted molar refractivity (Wildman–Crippen MR) is 73.8 cm³/mol. The molecule has 7 heteroatoms. The van der Waals surface area contributed by atoms with Gasteiger partial charge in [-0.25, -0.2) is 0 Å². The lowest BCUT2D eigenvalue weighted by molar-refractivity contribution is -0.385. The van der Waals surface area contributed by atoms with Crippen LogP contribution in [0.5, 0.6) is 5.75 Å². The highest BCUT2D eigenvalue weighted by Crippen LogP contribution is 2.27. The summed E-state index contributed by atoms with van der Waals surface area (Å²) in [4.78, 5) is 10.4. The minimum absolute atomic E-state index is 0.0532. The van der Waals surface area contributed by atoms with Crippen LogP contribution in [0.4, 0.5) is 5.69 Å². The Kier molecular flexibility index (Phi) is 7.56. The number of nitrogens with zero attached hydrogens (tertiary/aromatic N) is 1. The van der Waals surface area contributed by atoms with Gasteiger partial charge in [0, 0.05) is 32.7 Å². The van der Waals surface area contributed by atoms with E-state index in [1.807, 2.05) is 0 Å². The van der Waals surface area contributed by atoms with Gasteiger partial charge >= 0.3 is 5.69 Å². The summed E-state index contributed by atoms with van der Waals surface area (Å²) in [6.07, 6.45) is 0.647. The highest BCUT2D eigenvalue weighted by atomic mass is 16.6. The normalized spacial score (nSPS) is 10.5. The Balaban J connectivity index is 2.43. The molecule has 0 bridgehead atoms. The van der Waals surface area contributed by atoms with Gasteiger partial charge in [-0.3, -0.25) is 10.1 Å². The third-order valence-corrected chi connectivity index (χ3v) is 2.58. The maximum Gasteiger partial charge on any atom is 0.310 e. The van der Waals surface area contributed by atoms with Crippen molar-refractivity contribution in [1.82, 2.24) is 0 Å². The van der Waals surface area contributed by atoms with E-state index >= 15 is 0 Å². The SMILES string of the molecule is COCCOCCCOc1cc(CN)ccc1[N+](=O)[O-]. The second-order valence-electron chi connectivity index (χ2n) is 4.07. The fraction of sp³-hybridized carbons (Fsp3) is 0.538. The zero-order chi connectivity index (χ0) is 14.8. The van der Waals surface area contributed by atoms with Crippen molar-refractivity contribution in [2.24, 2.45) is 5.73 Å². The molecular weight excluding hydrogens is 264 g/mol. The van der Waals surface area contributed by atoms with Crippen molar-refractivity contribution in [1.29, 1.82) is 0 Å². The zero-order valence-corrected chi connectivity index (χ0v) is 11.5. The Bertz CT molecular complexity index is 425. The highest BCUT2D eigenvalue weighted by Gasteiger charge is 2.15. The van der Waals surface area contributed by atoms with Gasteiger partial charge in [0.2, 0.25) is 0 Å². The lowest BCUT2D eigenvalue weighted by Gasteiger charge is -2.08. The summed E-state index contributed by atoms with van der Waals surface area (Å²) in [6.45, 7) is 2.26. The van der Waals surface area contributed by atoms with Gasteiger partial charge in [0.15, 0.2) is 5.75 Å². The van der Waals surface area contributed by atoms with E-state index in [-0.39, 0.29) is 11.4 Å². The van der Waals surface area contributed by atoms with E-state index in [2.05, 4.69) is 0 Å². The first-order valence-electron chi connectivity index (χ1n) is 6.36. The number of methoxy groups -OCH3 is 1. The van der Waals surface area contributed by atoms with Crippen molar-refractivity contribution in [2.75, 3.05) is 33.5 Å². The first-order chi connectivity index (χ1) is 9.69. The number of nitro benzene ring substituents is 1. The molecule has 0 atom stereocenters. The van der Waals surface area contributed by atoms with Gasteiger partial charge in [-0.05, 0) is 11.6 Å². The van der Waals surface area contributed by atoms with Gasteiger partial charge in [0.05, 0.1) is 24.7 Å². The van der Waals surface area contributed by atoms with Gasteiger partial charge in [0.25, 0.3) is 0 Å². The molecule has 0 aliphatic heterocycles. The van der Waals surface area contributed by atoms with E-state index in [0.29, 0.717) is 39.4 Å². The van der Waals surface area contributed by atoms with Gasteiger partial charge < -0.3 is 19.9 Å². The third kappa shape index (κ3) is 5.52. The standard InChI is InChI=1S/C13H20N2O5/c1-18-7-8-19-5-2-6-20-13-9-11(10-14)3-4-12(13)15(16)17/h3-4,9H,2,5-8,10,14H2,1H3. The summed E-state index contributed by atoms with van der Waals surface area (Å²) in [5, 5.41) is 10.9. The molecule has 0 amide bonds. The van der Waals surface area contributed by atoms with Crippen LogP contribution < -0.4 is 10.5 Å². The molecule has 1 aromatic rings. The Hall–Kier alpha value is -1.70. The second-order valence-corrected chi connectivity index (χ2v) is 4.07. The van der Waals surface area contributed by atoms with E-state index in [1.165, 1.54) is 6.07 Å². The average Bonchev–Trinajstić information content (AvgIpc) is 2.45. The quantitative estimate of drug-likeness (QED) is 0.397. The lowest BCUT2D eigenvalue weighted by Crippen LogP contribution is -2.08. The summed E-state index contributed by atoms with van der Waals surface area (Å²) in [5.74, 6) is 0.245. The van der Waals surface area contributed by atoms with Crippen molar-refractivity contribution < 1.29 is 19.1 Å². The number of ether oxygens (including phenoxy) is 3. The Labute approximate surface area is 117 Å². The maximum atomic E-state index is 10.9. The van der Waals surface area contributed by atoms with Crippen LogP contribution in [-0.2, 0) is 16.0 Å². The smallest absolute Gasteiger partial charge is 0.310 e. The second kappa shape index (κ2) is 9.24. The van der Waals surface area contributed by atoms with E-state index < -0.39 is 4.92 Å². The van der Waals surface area contributed by atoms with Crippen LogP contribution in [0, 0.1) is 10.1 Å². The van der Waals surface area contributed by atoms with Crippen LogP contribution >= 0.6 is 0 Å². The van der Waals surface area contributed by atoms with Gasteiger partial charge in [0.1, 0.15) is 0 Å². The van der Waals surface area contributed by atoms with Crippen LogP contribution in [0.25, 0.3) is 0 Å². The molecule has 0 fully saturated rings. The maximum absolute atomic E-state index is 10.9. The van der Waals surface area contributed by atoms with Gasteiger partial charge in [-0.15, -0.1) is 0 Å². The molecule has 0 aromatic heterocycles. The van der Waals surface area contributed by atoms with Gasteiger partial charge in [-0.1, -0.05) is 6.07 Å². The van der Waals surface area contributed by atoms with Crippen molar-refractivity contribution in [3.63, 3.8) is 0 Å². The number of hydrogen-bond acceptors (Lipinski definition) is 6. The van der Waals surface area contributed by atoms with Crippen LogP contribution in [0.15, 0.2) is 18.2 Å². The summed E-state index contributed by atoms with van der Waals surface area (Å²) in [5.41, 5.74) is 6.25. The lowest BCUT2D eigenvalue weighted by atomic mass is 10.2. The van der Waals surface area contributed by atoms with Crippen LogP contribution in [0.2, 0.25) is 0 Å².